The second-order valence-corrected chi connectivity index (χ2v) is 5.33. The average molecular weight is 447 g/mol. The number of carbonyl (C=O) groups excluding carboxylic acids is 1. The van der Waals surface area contributed by atoms with Crippen LogP contribution >= 0.6 is 24.0 Å². The predicted octanol–water partition coefficient (Wildman–Crippen LogP) is 2.42. The molecule has 0 atom stereocenters. The molecule has 1 aromatic rings. The zero-order chi connectivity index (χ0) is 16.9. The van der Waals surface area contributed by atoms with Gasteiger partial charge in [-0.1, -0.05) is 26.7 Å². The van der Waals surface area contributed by atoms with Crippen molar-refractivity contribution in [3.63, 3.8) is 0 Å². The van der Waals surface area contributed by atoms with Crippen LogP contribution in [0.1, 0.15) is 44.0 Å². The molecule has 0 fully saturated rings. The summed E-state index contributed by atoms with van der Waals surface area (Å²) in [7, 11) is 0. The minimum atomic E-state index is -0.112. The van der Waals surface area contributed by atoms with E-state index in [0.717, 1.165) is 31.9 Å². The van der Waals surface area contributed by atoms with Crippen LogP contribution in [0.25, 0.3) is 0 Å². The first-order chi connectivity index (χ1) is 11.2. The normalized spacial score (nSPS) is 10.9. The number of carbonyl (C=O) groups is 1. The SMILES string of the molecule is CCNC(=NCC(CC)CC)NCCNC(=O)c1cccnc1.I. The van der Waals surface area contributed by atoms with Crippen LogP contribution in [0, 0.1) is 5.92 Å². The van der Waals surface area contributed by atoms with Crippen LogP contribution in [-0.2, 0) is 0 Å². The molecule has 0 aliphatic heterocycles. The molecule has 0 aliphatic carbocycles. The highest BCUT2D eigenvalue weighted by Crippen LogP contribution is 2.06. The molecule has 0 unspecified atom stereocenters. The van der Waals surface area contributed by atoms with Gasteiger partial charge in [0.2, 0.25) is 0 Å². The van der Waals surface area contributed by atoms with Crippen molar-refractivity contribution in [3.05, 3.63) is 30.1 Å². The fourth-order valence-corrected chi connectivity index (χ4v) is 2.07. The van der Waals surface area contributed by atoms with Crippen molar-refractivity contribution in [2.24, 2.45) is 10.9 Å². The smallest absolute Gasteiger partial charge is 0.252 e. The van der Waals surface area contributed by atoms with Crippen LogP contribution < -0.4 is 16.0 Å². The zero-order valence-corrected chi connectivity index (χ0v) is 17.2. The number of amides is 1. The highest BCUT2D eigenvalue weighted by molar-refractivity contribution is 14.0. The van der Waals surface area contributed by atoms with E-state index in [9.17, 15) is 4.79 Å². The van der Waals surface area contributed by atoms with Crippen molar-refractivity contribution in [3.8, 4) is 0 Å². The number of aliphatic imine (C=N–C) groups is 1. The highest BCUT2D eigenvalue weighted by Gasteiger charge is 2.05. The second-order valence-electron chi connectivity index (χ2n) is 5.33. The summed E-state index contributed by atoms with van der Waals surface area (Å²) in [6, 6.07) is 3.50. The fraction of sp³-hybridized carbons (Fsp3) is 0.588. The number of hydrogen-bond donors (Lipinski definition) is 3. The molecule has 0 aliphatic rings. The summed E-state index contributed by atoms with van der Waals surface area (Å²) in [5.41, 5.74) is 0.571. The Balaban J connectivity index is 0.00000529. The van der Waals surface area contributed by atoms with E-state index in [-0.39, 0.29) is 29.9 Å². The molecular formula is C17H30IN5O. The Kier molecular flexibility index (Phi) is 13.2. The molecule has 0 aromatic carbocycles. The Labute approximate surface area is 162 Å². The lowest BCUT2D eigenvalue weighted by molar-refractivity contribution is 0.0954. The molecule has 7 heteroatoms. The van der Waals surface area contributed by atoms with Crippen LogP contribution in [0.15, 0.2) is 29.5 Å². The third-order valence-corrected chi connectivity index (χ3v) is 3.63. The van der Waals surface area contributed by atoms with E-state index in [1.807, 2.05) is 6.92 Å². The van der Waals surface area contributed by atoms with Gasteiger partial charge in [-0.05, 0) is 25.0 Å². The molecule has 0 saturated carbocycles. The van der Waals surface area contributed by atoms with Gasteiger partial charge in [0.25, 0.3) is 5.91 Å². The number of hydrogen-bond acceptors (Lipinski definition) is 3. The maximum Gasteiger partial charge on any atom is 0.252 e. The molecule has 1 amide bonds. The van der Waals surface area contributed by atoms with Gasteiger partial charge in [0.15, 0.2) is 5.96 Å². The minimum absolute atomic E-state index is 0. The lowest BCUT2D eigenvalue weighted by Crippen LogP contribution is -2.41. The molecule has 1 aromatic heterocycles. The Hall–Kier alpha value is -1.38. The molecular weight excluding hydrogens is 417 g/mol. The van der Waals surface area contributed by atoms with Gasteiger partial charge in [-0.15, -0.1) is 24.0 Å². The van der Waals surface area contributed by atoms with Gasteiger partial charge in [-0.2, -0.15) is 0 Å². The highest BCUT2D eigenvalue weighted by atomic mass is 127. The molecule has 1 heterocycles. The van der Waals surface area contributed by atoms with Crippen LogP contribution in [0.4, 0.5) is 0 Å². The quantitative estimate of drug-likeness (QED) is 0.235. The van der Waals surface area contributed by atoms with Gasteiger partial charge in [0.05, 0.1) is 5.56 Å². The Morgan fingerprint density at radius 3 is 2.46 bits per heavy atom. The Bertz CT molecular complexity index is 477. The van der Waals surface area contributed by atoms with Crippen molar-refractivity contribution in [2.75, 3.05) is 26.2 Å². The van der Waals surface area contributed by atoms with Gasteiger partial charge in [-0.25, -0.2) is 0 Å². The lowest BCUT2D eigenvalue weighted by Gasteiger charge is -2.14. The molecule has 136 valence electrons. The first-order valence-corrected chi connectivity index (χ1v) is 8.41. The number of pyridine rings is 1. The number of aromatic nitrogens is 1. The Morgan fingerprint density at radius 1 is 1.17 bits per heavy atom. The zero-order valence-electron chi connectivity index (χ0n) is 14.8. The van der Waals surface area contributed by atoms with Crippen LogP contribution in [-0.4, -0.2) is 43.0 Å². The van der Waals surface area contributed by atoms with Gasteiger partial charge in [0.1, 0.15) is 0 Å². The second kappa shape index (κ2) is 14.0. The summed E-state index contributed by atoms with van der Waals surface area (Å²) in [6.45, 7) is 9.22. The molecule has 0 radical (unpaired) electrons. The van der Waals surface area contributed by atoms with Gasteiger partial charge in [-0.3, -0.25) is 14.8 Å². The first kappa shape index (κ1) is 22.6. The van der Waals surface area contributed by atoms with Crippen molar-refractivity contribution in [2.45, 2.75) is 33.6 Å². The standard InChI is InChI=1S/C17H29N5O.HI/c1-4-14(5-2)12-22-17(19-6-3)21-11-10-20-16(23)15-8-7-9-18-13-15;/h7-9,13-14H,4-6,10-12H2,1-3H3,(H,20,23)(H2,19,21,22);1H. The number of nitrogens with zero attached hydrogens (tertiary/aromatic N) is 2. The van der Waals surface area contributed by atoms with Crippen molar-refractivity contribution in [1.29, 1.82) is 0 Å². The summed E-state index contributed by atoms with van der Waals surface area (Å²) in [5.74, 6) is 1.31. The fourth-order valence-electron chi connectivity index (χ4n) is 2.07. The molecule has 24 heavy (non-hydrogen) atoms. The van der Waals surface area contributed by atoms with E-state index in [0.29, 0.717) is 24.6 Å². The van der Waals surface area contributed by atoms with Crippen LogP contribution in [0.5, 0.6) is 0 Å². The maximum atomic E-state index is 11.9. The molecule has 0 saturated heterocycles. The molecule has 0 spiro atoms. The summed E-state index contributed by atoms with van der Waals surface area (Å²) < 4.78 is 0. The van der Waals surface area contributed by atoms with Gasteiger partial charge in [0, 0.05) is 38.6 Å². The first-order valence-electron chi connectivity index (χ1n) is 8.41. The number of nitrogens with one attached hydrogen (secondary N) is 3. The summed E-state index contributed by atoms with van der Waals surface area (Å²) in [5, 5.41) is 9.32. The van der Waals surface area contributed by atoms with Crippen LogP contribution in [0.3, 0.4) is 0 Å². The number of guanidine groups is 1. The topological polar surface area (TPSA) is 78.4 Å². The van der Waals surface area contributed by atoms with Crippen molar-refractivity contribution < 1.29 is 4.79 Å². The molecule has 0 bridgehead atoms. The average Bonchev–Trinajstić information content (AvgIpc) is 2.59. The van der Waals surface area contributed by atoms with Crippen molar-refractivity contribution in [1.82, 2.24) is 20.9 Å². The summed E-state index contributed by atoms with van der Waals surface area (Å²) >= 11 is 0. The van der Waals surface area contributed by atoms with E-state index in [1.165, 1.54) is 0 Å². The lowest BCUT2D eigenvalue weighted by atomic mass is 10.0. The van der Waals surface area contributed by atoms with Gasteiger partial charge < -0.3 is 16.0 Å². The molecule has 1 rings (SSSR count). The van der Waals surface area contributed by atoms with Gasteiger partial charge >= 0.3 is 0 Å². The third-order valence-electron chi connectivity index (χ3n) is 3.63. The van der Waals surface area contributed by atoms with Crippen LogP contribution in [0.2, 0.25) is 0 Å². The molecule has 3 N–H and O–H groups in total. The van der Waals surface area contributed by atoms with E-state index >= 15 is 0 Å². The minimum Gasteiger partial charge on any atom is -0.357 e. The summed E-state index contributed by atoms with van der Waals surface area (Å²) in [6.07, 6.45) is 5.49. The Morgan fingerprint density at radius 2 is 1.88 bits per heavy atom. The number of rotatable bonds is 9. The van der Waals surface area contributed by atoms with E-state index in [2.05, 4.69) is 39.8 Å². The predicted molar refractivity (Wildman–Crippen MR) is 110 cm³/mol. The number of halogens is 1. The van der Waals surface area contributed by atoms with E-state index < -0.39 is 0 Å². The van der Waals surface area contributed by atoms with Crippen molar-refractivity contribution >= 4 is 35.8 Å². The molecule has 6 nitrogen and oxygen atoms in total. The maximum absolute atomic E-state index is 11.9. The van der Waals surface area contributed by atoms with E-state index in [4.69, 9.17) is 0 Å². The van der Waals surface area contributed by atoms with E-state index in [1.54, 1.807) is 24.5 Å². The largest absolute Gasteiger partial charge is 0.357 e. The summed E-state index contributed by atoms with van der Waals surface area (Å²) in [4.78, 5) is 20.4. The monoisotopic (exact) mass is 447 g/mol. The third kappa shape index (κ3) is 9.05.